The second kappa shape index (κ2) is 6.39. The molecular weight excluding hydrogens is 364 g/mol. The number of Topliss-reactive ketones (excluding diaryl/α,β-unsaturated/α-hetero) is 1. The Morgan fingerprint density at radius 3 is 2.59 bits per heavy atom. The van der Waals surface area contributed by atoms with E-state index in [0.29, 0.717) is 30.0 Å². The monoisotopic (exact) mass is 396 g/mol. The zero-order valence-electron chi connectivity index (χ0n) is 16.6. The fourth-order valence-corrected chi connectivity index (χ4v) is 8.24. The van der Waals surface area contributed by atoms with Gasteiger partial charge in [-0.2, -0.15) is 8.42 Å². The maximum atomic E-state index is 12.2. The van der Waals surface area contributed by atoms with Crippen molar-refractivity contribution in [2.75, 3.05) is 0 Å². The van der Waals surface area contributed by atoms with Gasteiger partial charge in [0.2, 0.25) is 0 Å². The van der Waals surface area contributed by atoms with Gasteiger partial charge in [0.05, 0.1) is 6.10 Å². The van der Waals surface area contributed by atoms with E-state index < -0.39 is 16.5 Å². The van der Waals surface area contributed by atoms with E-state index in [9.17, 15) is 17.8 Å². The van der Waals surface area contributed by atoms with E-state index in [2.05, 4.69) is 19.9 Å². The van der Waals surface area contributed by atoms with Crippen LogP contribution < -0.4 is 0 Å². The number of hydrogen-bond acceptors (Lipinski definition) is 4. The van der Waals surface area contributed by atoms with Gasteiger partial charge in [0.15, 0.2) is 0 Å². The number of ketones is 1. The number of carbonyl (C=O) groups excluding carboxylic acids is 1. The quantitative estimate of drug-likeness (QED) is 0.567. The van der Waals surface area contributed by atoms with Crippen LogP contribution in [-0.4, -0.2) is 24.9 Å². The molecule has 5 nitrogen and oxygen atoms in total. The molecule has 0 amide bonds. The van der Waals surface area contributed by atoms with Crippen LogP contribution in [0.25, 0.3) is 0 Å². The first-order chi connectivity index (χ1) is 12.6. The summed E-state index contributed by atoms with van der Waals surface area (Å²) in [6.45, 7) is 6.20. The van der Waals surface area contributed by atoms with Gasteiger partial charge in [-0.1, -0.05) is 25.5 Å². The summed E-state index contributed by atoms with van der Waals surface area (Å²) in [5.74, 6) is 1.81. The second-order valence-electron chi connectivity index (χ2n) is 9.81. The van der Waals surface area contributed by atoms with Crippen LogP contribution in [0.2, 0.25) is 0 Å². The zero-order chi connectivity index (χ0) is 19.6. The maximum absolute atomic E-state index is 12.2. The van der Waals surface area contributed by atoms with Gasteiger partial charge in [-0.05, 0) is 81.5 Å². The van der Waals surface area contributed by atoms with Gasteiger partial charge in [0, 0.05) is 11.3 Å². The molecular formula is C21H32O5S. The minimum Gasteiger partial charge on any atom is -0.300 e. The van der Waals surface area contributed by atoms with Crippen LogP contribution in [0.5, 0.6) is 0 Å². The van der Waals surface area contributed by atoms with Crippen molar-refractivity contribution in [2.24, 2.45) is 34.5 Å². The second-order valence-corrected chi connectivity index (χ2v) is 10.9. The van der Waals surface area contributed by atoms with Crippen molar-refractivity contribution in [2.45, 2.75) is 78.2 Å². The molecule has 0 saturated heterocycles. The van der Waals surface area contributed by atoms with Crippen molar-refractivity contribution in [1.29, 1.82) is 0 Å². The molecule has 27 heavy (non-hydrogen) atoms. The van der Waals surface area contributed by atoms with E-state index in [-0.39, 0.29) is 16.7 Å². The van der Waals surface area contributed by atoms with Gasteiger partial charge < -0.3 is 0 Å². The molecule has 3 fully saturated rings. The zero-order valence-corrected chi connectivity index (χ0v) is 17.4. The predicted octanol–water partition coefficient (Wildman–Crippen LogP) is 4.34. The normalized spacial score (nSPS) is 46.8. The summed E-state index contributed by atoms with van der Waals surface area (Å²) in [4.78, 5) is 12.2. The van der Waals surface area contributed by atoms with Crippen molar-refractivity contribution in [3.05, 3.63) is 11.6 Å². The first-order valence-electron chi connectivity index (χ1n) is 10.4. The lowest BCUT2D eigenvalue weighted by Gasteiger charge is -2.59. The maximum Gasteiger partial charge on any atom is 0.397 e. The first-order valence-corrected chi connectivity index (χ1v) is 11.8. The Kier molecular flexibility index (Phi) is 4.64. The van der Waals surface area contributed by atoms with Gasteiger partial charge in [0.1, 0.15) is 5.78 Å². The molecule has 0 aromatic heterocycles. The lowest BCUT2D eigenvalue weighted by molar-refractivity contribution is -0.128. The molecule has 3 saturated carbocycles. The third-order valence-corrected chi connectivity index (χ3v) is 9.32. The van der Waals surface area contributed by atoms with Gasteiger partial charge >= 0.3 is 10.4 Å². The molecule has 0 heterocycles. The molecule has 4 aliphatic carbocycles. The molecule has 7 atom stereocenters. The van der Waals surface area contributed by atoms with Crippen molar-refractivity contribution in [1.82, 2.24) is 0 Å². The Hall–Kier alpha value is -0.720. The smallest absolute Gasteiger partial charge is 0.300 e. The van der Waals surface area contributed by atoms with Crippen LogP contribution in [0, 0.1) is 34.5 Å². The molecule has 4 aliphatic rings. The third kappa shape index (κ3) is 2.94. The van der Waals surface area contributed by atoms with Crippen molar-refractivity contribution in [3.63, 3.8) is 0 Å². The molecule has 152 valence electrons. The third-order valence-electron chi connectivity index (χ3n) is 8.85. The molecule has 4 rings (SSSR count). The lowest BCUT2D eigenvalue weighted by Crippen LogP contribution is -2.55. The van der Waals surface area contributed by atoms with E-state index >= 15 is 0 Å². The Labute approximate surface area is 162 Å². The number of fused-ring (bicyclic) bond motifs is 5. The van der Waals surface area contributed by atoms with E-state index in [1.165, 1.54) is 5.57 Å². The minimum absolute atomic E-state index is 0.0722. The highest BCUT2D eigenvalue weighted by atomic mass is 32.3. The number of carbonyl (C=O) groups is 1. The van der Waals surface area contributed by atoms with Crippen LogP contribution in [0.1, 0.15) is 72.1 Å². The van der Waals surface area contributed by atoms with Crippen molar-refractivity contribution in [3.8, 4) is 0 Å². The highest BCUT2D eigenvalue weighted by Gasteiger charge is 2.61. The summed E-state index contributed by atoms with van der Waals surface area (Å²) in [6, 6.07) is 0. The van der Waals surface area contributed by atoms with Gasteiger partial charge in [-0.15, -0.1) is 0 Å². The Bertz CT molecular complexity index is 771. The number of allylic oxidation sites excluding steroid dienone is 1. The molecule has 0 bridgehead atoms. The summed E-state index contributed by atoms with van der Waals surface area (Å²) in [6.07, 6.45) is 9.50. The van der Waals surface area contributed by atoms with Crippen LogP contribution in [0.3, 0.4) is 0 Å². The summed E-state index contributed by atoms with van der Waals surface area (Å²) >= 11 is 0. The Morgan fingerprint density at radius 2 is 1.93 bits per heavy atom. The molecule has 0 spiro atoms. The van der Waals surface area contributed by atoms with E-state index in [1.54, 1.807) is 6.92 Å². The number of hydrogen-bond donors (Lipinski definition) is 1. The Balaban J connectivity index is 1.70. The summed E-state index contributed by atoms with van der Waals surface area (Å²) in [5.41, 5.74) is 1.04. The van der Waals surface area contributed by atoms with E-state index in [1.807, 2.05) is 0 Å². The summed E-state index contributed by atoms with van der Waals surface area (Å²) in [7, 11) is -4.47. The summed E-state index contributed by atoms with van der Waals surface area (Å²) in [5, 5.41) is 0. The molecule has 6 heteroatoms. The van der Waals surface area contributed by atoms with Crippen LogP contribution in [0.4, 0.5) is 0 Å². The molecule has 0 aromatic carbocycles. The van der Waals surface area contributed by atoms with Gasteiger partial charge in [0.25, 0.3) is 0 Å². The Morgan fingerprint density at radius 1 is 1.19 bits per heavy atom. The molecule has 1 unspecified atom stereocenters. The molecule has 0 aromatic rings. The highest BCUT2D eigenvalue weighted by Crippen LogP contribution is 2.66. The SMILES string of the molecule is CC(=O)[C@H]1CC[C@H]2[C@@H]3CC=C4CCCC(OS(=O)(=O)O)[C@]4(C)[C@H]3CC[C@]12C. The standard InChI is InChI=1S/C21H32O5S/c1-13(22)16-9-10-17-15-8-7-14-5-4-6-19(26-27(23,24)25)21(14,3)18(15)11-12-20(16,17)2/h7,15-19H,4-6,8-12H2,1-3H3,(H,23,24,25)/t15-,16+,17-,18-,19?,20+,21-/m0/s1. The average Bonchev–Trinajstić information content (AvgIpc) is 2.92. The molecule has 0 radical (unpaired) electrons. The number of rotatable bonds is 3. The van der Waals surface area contributed by atoms with Crippen LogP contribution in [0.15, 0.2) is 11.6 Å². The van der Waals surface area contributed by atoms with Crippen molar-refractivity contribution >= 4 is 16.2 Å². The predicted molar refractivity (Wildman–Crippen MR) is 102 cm³/mol. The van der Waals surface area contributed by atoms with Crippen LogP contribution in [-0.2, 0) is 19.4 Å². The van der Waals surface area contributed by atoms with E-state index in [4.69, 9.17) is 4.18 Å². The minimum atomic E-state index is -4.47. The lowest BCUT2D eigenvalue weighted by atomic mass is 9.47. The van der Waals surface area contributed by atoms with Crippen LogP contribution >= 0.6 is 0 Å². The van der Waals surface area contributed by atoms with Gasteiger partial charge in [-0.25, -0.2) is 4.18 Å². The average molecular weight is 397 g/mol. The molecule has 0 aliphatic heterocycles. The first kappa shape index (κ1) is 19.6. The molecule has 1 N–H and O–H groups in total. The largest absolute Gasteiger partial charge is 0.397 e. The fourth-order valence-electron chi connectivity index (χ4n) is 7.65. The topological polar surface area (TPSA) is 80.7 Å². The summed E-state index contributed by atoms with van der Waals surface area (Å²) < 4.78 is 37.6. The highest BCUT2D eigenvalue weighted by molar-refractivity contribution is 7.80. The van der Waals surface area contributed by atoms with Gasteiger partial charge in [-0.3, -0.25) is 9.35 Å². The fraction of sp³-hybridized carbons (Fsp3) is 0.857. The van der Waals surface area contributed by atoms with E-state index in [0.717, 1.165) is 44.9 Å². The van der Waals surface area contributed by atoms with Crippen molar-refractivity contribution < 1.29 is 21.9 Å².